The Balaban J connectivity index is 0.00000867. The van der Waals surface area contributed by atoms with Gasteiger partial charge >= 0.3 is 289 Å². The third kappa shape index (κ3) is 14.5. The molecular formula is C36H39BrO12Se. The first-order valence-electron chi connectivity index (χ1n) is 15.3. The summed E-state index contributed by atoms with van der Waals surface area (Å²) in [4.78, 5) is 69.8. The number of carbonyl (C=O) groups excluding carboxylic acids is 6. The fourth-order valence-corrected chi connectivity index (χ4v) is 9.22. The van der Waals surface area contributed by atoms with Gasteiger partial charge in [0.2, 0.25) is 0 Å². The van der Waals surface area contributed by atoms with Gasteiger partial charge in [0.1, 0.15) is 0 Å². The molecule has 0 spiro atoms. The number of benzene rings is 3. The van der Waals surface area contributed by atoms with Gasteiger partial charge < -0.3 is 17.0 Å². The van der Waals surface area contributed by atoms with Crippen LogP contribution in [-0.4, -0.2) is 49.7 Å². The first-order chi connectivity index (χ1) is 23.2. The fourth-order valence-electron chi connectivity index (χ4n) is 4.64. The Hall–Kier alpha value is -4.52. The van der Waals surface area contributed by atoms with Gasteiger partial charge in [-0.1, -0.05) is 0 Å². The Kier molecular flexibility index (Phi) is 16.8. The molecule has 0 aromatic heterocycles. The van der Waals surface area contributed by atoms with Crippen molar-refractivity contribution in [1.29, 1.82) is 0 Å². The van der Waals surface area contributed by atoms with Gasteiger partial charge in [0, 0.05) is 0 Å². The van der Waals surface area contributed by atoms with E-state index in [1.165, 1.54) is 41.5 Å². The SMILES string of the molecule is CC(=O)Oc1ccc(CC[Se+](CCc2ccc(OC(C)=O)c(OC(C)=O)c2)CCc2ccc(OC(C)=O)c(OC(C)=O)c2)cc1OC(C)=O.[Br-]. The Bertz CT molecular complexity index is 1520. The predicted octanol–water partition coefficient (Wildman–Crippen LogP) is 2.77. The molecule has 0 saturated heterocycles. The van der Waals surface area contributed by atoms with Gasteiger partial charge in [0.15, 0.2) is 0 Å². The number of hydrogen-bond donors (Lipinski definition) is 0. The quantitative estimate of drug-likeness (QED) is 0.126. The predicted molar refractivity (Wildman–Crippen MR) is 178 cm³/mol. The molecule has 12 nitrogen and oxygen atoms in total. The molecule has 0 aliphatic rings. The number of carbonyl (C=O) groups is 6. The molecule has 3 aromatic rings. The second-order valence-corrected chi connectivity index (χ2v) is 16.0. The topological polar surface area (TPSA) is 158 Å². The summed E-state index contributed by atoms with van der Waals surface area (Å²) in [6.07, 6.45) is 1.98. The number of rotatable bonds is 15. The molecule has 0 saturated carbocycles. The van der Waals surface area contributed by atoms with Gasteiger partial charge in [-0.25, -0.2) is 0 Å². The molecule has 50 heavy (non-hydrogen) atoms. The minimum absolute atomic E-state index is 0. The molecule has 3 rings (SSSR count). The summed E-state index contributed by atoms with van der Waals surface area (Å²) in [5.41, 5.74) is 2.69. The molecule has 0 aliphatic carbocycles. The standard InChI is InChI=1S/C36H39O12Se.BrH/c1-22(37)43-31-10-7-28(19-34(31)46-25(4)40)13-16-49(17-14-29-8-11-32(44-23(2)38)35(20-29)47-26(5)41)18-15-30-9-12-33(45-24(3)39)36(21-30)48-27(6)42;/h7-12,19-21H,13-18H2,1-6H3;1H/q+1;/p-1. The maximum atomic E-state index is 11.7. The van der Waals surface area contributed by atoms with Gasteiger partial charge in [0.25, 0.3) is 0 Å². The molecule has 0 amide bonds. The third-order valence-electron chi connectivity index (χ3n) is 6.58. The molecular weight excluding hydrogens is 783 g/mol. The first-order valence-corrected chi connectivity index (χ1v) is 18.9. The summed E-state index contributed by atoms with van der Waals surface area (Å²) in [5.74, 6) is -2.31. The van der Waals surface area contributed by atoms with E-state index in [2.05, 4.69) is 0 Å². The van der Waals surface area contributed by atoms with Crippen LogP contribution in [0.2, 0.25) is 16.0 Å². The van der Waals surface area contributed by atoms with Crippen molar-refractivity contribution in [2.45, 2.75) is 76.8 Å². The Labute approximate surface area is 305 Å². The molecule has 0 atom stereocenters. The summed E-state index contributed by atoms with van der Waals surface area (Å²) >= 11 is -1.39. The van der Waals surface area contributed by atoms with Crippen molar-refractivity contribution in [3.63, 3.8) is 0 Å². The number of ether oxygens (including phenoxy) is 6. The van der Waals surface area contributed by atoms with Crippen LogP contribution in [0.15, 0.2) is 54.6 Å². The normalized spacial score (nSPS) is 10.4. The first kappa shape index (κ1) is 41.6. The molecule has 268 valence electrons. The van der Waals surface area contributed by atoms with Crippen LogP contribution in [0.5, 0.6) is 34.5 Å². The minimum Gasteiger partial charge on any atom is -1.00 e. The summed E-state index contributed by atoms with van der Waals surface area (Å²) in [6.45, 7) is 7.59. The van der Waals surface area contributed by atoms with Gasteiger partial charge in [-0.05, 0) is 0 Å². The molecule has 14 heteroatoms. The zero-order chi connectivity index (χ0) is 36.1. The van der Waals surface area contributed by atoms with Crippen LogP contribution in [0.3, 0.4) is 0 Å². The number of hydrogen-bond acceptors (Lipinski definition) is 12. The van der Waals surface area contributed by atoms with E-state index in [1.807, 2.05) is 18.2 Å². The van der Waals surface area contributed by atoms with Crippen LogP contribution in [0, 0.1) is 0 Å². The summed E-state index contributed by atoms with van der Waals surface area (Å²) in [6, 6.07) is 15.4. The fraction of sp³-hybridized carbons (Fsp3) is 0.333. The summed E-state index contributed by atoms with van der Waals surface area (Å²) in [7, 11) is 0. The molecule has 0 radical (unpaired) electrons. The zero-order valence-corrected chi connectivity index (χ0v) is 31.9. The maximum Gasteiger partial charge on any atom is -1.00 e. The van der Waals surface area contributed by atoms with E-state index in [-0.39, 0.29) is 51.5 Å². The number of aryl methyl sites for hydroxylation is 3. The molecule has 0 N–H and O–H groups in total. The molecule has 0 aliphatic heterocycles. The van der Waals surface area contributed by atoms with Crippen molar-refractivity contribution in [1.82, 2.24) is 0 Å². The monoisotopic (exact) mass is 822 g/mol. The van der Waals surface area contributed by atoms with Crippen molar-refractivity contribution in [2.75, 3.05) is 0 Å². The van der Waals surface area contributed by atoms with Gasteiger partial charge in [0.05, 0.1) is 0 Å². The zero-order valence-electron chi connectivity index (χ0n) is 28.6. The Morgan fingerprint density at radius 3 is 0.840 bits per heavy atom. The molecule has 0 heterocycles. The smallest absolute Gasteiger partial charge is 1.00 e. The van der Waals surface area contributed by atoms with E-state index >= 15 is 0 Å². The van der Waals surface area contributed by atoms with E-state index in [1.54, 1.807) is 36.4 Å². The van der Waals surface area contributed by atoms with Crippen LogP contribution in [-0.2, 0) is 48.0 Å². The van der Waals surface area contributed by atoms with E-state index in [9.17, 15) is 28.8 Å². The second kappa shape index (κ2) is 20.2. The van der Waals surface area contributed by atoms with Crippen LogP contribution in [0.4, 0.5) is 0 Å². The van der Waals surface area contributed by atoms with E-state index in [0.29, 0.717) is 19.3 Å². The van der Waals surface area contributed by atoms with Gasteiger partial charge in [-0.3, -0.25) is 0 Å². The van der Waals surface area contributed by atoms with Crippen LogP contribution >= 0.6 is 0 Å². The maximum absolute atomic E-state index is 11.7. The number of esters is 6. The van der Waals surface area contributed by atoms with E-state index < -0.39 is 49.7 Å². The summed E-state index contributed by atoms with van der Waals surface area (Å²) in [5, 5.41) is 2.53. The van der Waals surface area contributed by atoms with Gasteiger partial charge in [-0.2, -0.15) is 0 Å². The van der Waals surface area contributed by atoms with Crippen molar-refractivity contribution in [3.8, 4) is 34.5 Å². The second-order valence-electron chi connectivity index (χ2n) is 10.9. The molecule has 0 fully saturated rings. The molecule has 3 aromatic carbocycles. The van der Waals surface area contributed by atoms with Crippen molar-refractivity contribution < 1.29 is 74.2 Å². The van der Waals surface area contributed by atoms with Crippen molar-refractivity contribution in [3.05, 3.63) is 71.3 Å². The molecule has 0 bridgehead atoms. The van der Waals surface area contributed by atoms with Crippen molar-refractivity contribution >= 4 is 49.7 Å². The van der Waals surface area contributed by atoms with Gasteiger partial charge in [-0.15, -0.1) is 0 Å². The Morgan fingerprint density at radius 1 is 0.400 bits per heavy atom. The Morgan fingerprint density at radius 2 is 0.620 bits per heavy atom. The third-order valence-corrected chi connectivity index (χ3v) is 11.5. The average molecular weight is 823 g/mol. The van der Waals surface area contributed by atoms with Crippen LogP contribution < -0.4 is 45.4 Å². The van der Waals surface area contributed by atoms with E-state index in [0.717, 1.165) is 32.6 Å². The van der Waals surface area contributed by atoms with E-state index in [4.69, 9.17) is 28.4 Å². The minimum atomic E-state index is -1.39. The molecule has 0 unspecified atom stereocenters. The average Bonchev–Trinajstić information content (AvgIpc) is 2.98. The number of halogens is 1. The summed E-state index contributed by atoms with van der Waals surface area (Å²) < 4.78 is 31.5. The van der Waals surface area contributed by atoms with Crippen LogP contribution in [0.25, 0.3) is 0 Å². The van der Waals surface area contributed by atoms with Crippen molar-refractivity contribution in [2.24, 2.45) is 0 Å². The largest absolute Gasteiger partial charge is 1.00 e. The van der Waals surface area contributed by atoms with Crippen LogP contribution in [0.1, 0.15) is 58.2 Å².